The number of ether oxygens (including phenoxy) is 1. The highest BCUT2D eigenvalue weighted by atomic mass is 35.5. The quantitative estimate of drug-likeness (QED) is 0.775. The molecule has 128 valence electrons. The number of hydrogen-bond acceptors (Lipinski definition) is 5. The summed E-state index contributed by atoms with van der Waals surface area (Å²) in [6.45, 7) is 2.79. The zero-order valence-electron chi connectivity index (χ0n) is 14.1. The molecule has 1 aromatic heterocycles. The van der Waals surface area contributed by atoms with Gasteiger partial charge in [0.25, 0.3) is 0 Å². The number of nitrogens with one attached hydrogen (secondary N) is 1. The Bertz CT molecular complexity index is 674. The summed E-state index contributed by atoms with van der Waals surface area (Å²) < 4.78 is 5.00. The van der Waals surface area contributed by atoms with Gasteiger partial charge in [-0.25, -0.2) is 4.79 Å². The second-order valence-electron chi connectivity index (χ2n) is 5.59. The Morgan fingerprint density at radius 2 is 2.00 bits per heavy atom. The summed E-state index contributed by atoms with van der Waals surface area (Å²) in [5.74, 6) is -0.365. The van der Waals surface area contributed by atoms with E-state index in [1.54, 1.807) is 19.2 Å². The Morgan fingerprint density at radius 3 is 2.62 bits per heavy atom. The van der Waals surface area contributed by atoms with Crippen molar-refractivity contribution in [2.45, 2.75) is 13.0 Å². The van der Waals surface area contributed by atoms with E-state index in [0.717, 1.165) is 16.3 Å². The van der Waals surface area contributed by atoms with Gasteiger partial charge in [0.1, 0.15) is 0 Å². The second kappa shape index (κ2) is 8.66. The average molecular weight is 348 g/mol. The summed E-state index contributed by atoms with van der Waals surface area (Å²) in [6.07, 6.45) is 3.20. The predicted octanol–water partition coefficient (Wildman–Crippen LogP) is 3.63. The lowest BCUT2D eigenvalue weighted by atomic mass is 10.1. The van der Waals surface area contributed by atoms with E-state index in [-0.39, 0.29) is 12.0 Å². The van der Waals surface area contributed by atoms with Crippen molar-refractivity contribution >= 4 is 23.3 Å². The minimum atomic E-state index is -0.365. The molecule has 1 aromatic carbocycles. The summed E-state index contributed by atoms with van der Waals surface area (Å²) in [5.41, 5.74) is 2.38. The monoisotopic (exact) mass is 347 g/mol. The first-order valence-electron chi connectivity index (χ1n) is 7.79. The number of pyridine rings is 1. The van der Waals surface area contributed by atoms with E-state index in [1.807, 2.05) is 38.4 Å². The molecule has 0 saturated heterocycles. The van der Waals surface area contributed by atoms with Crippen molar-refractivity contribution in [3.8, 4) is 0 Å². The molecule has 5 nitrogen and oxygen atoms in total. The number of rotatable bonds is 7. The molecule has 0 bridgehead atoms. The van der Waals surface area contributed by atoms with Crippen LogP contribution in [0.2, 0.25) is 5.02 Å². The zero-order valence-corrected chi connectivity index (χ0v) is 14.9. The van der Waals surface area contributed by atoms with Crippen LogP contribution in [0.4, 0.5) is 5.69 Å². The van der Waals surface area contributed by atoms with Gasteiger partial charge in [0.15, 0.2) is 0 Å². The highest BCUT2D eigenvalue weighted by molar-refractivity contribution is 6.30. The van der Waals surface area contributed by atoms with Gasteiger partial charge in [-0.1, -0.05) is 23.7 Å². The molecule has 0 saturated carbocycles. The molecule has 0 aliphatic heterocycles. The van der Waals surface area contributed by atoms with Crippen molar-refractivity contribution < 1.29 is 9.53 Å². The molecule has 0 fully saturated rings. The average Bonchev–Trinajstić information content (AvgIpc) is 2.57. The molecule has 1 unspecified atom stereocenters. The molecule has 6 heteroatoms. The third-order valence-corrected chi connectivity index (χ3v) is 3.88. The minimum Gasteiger partial charge on any atom is -0.462 e. The van der Waals surface area contributed by atoms with Crippen LogP contribution in [0.5, 0.6) is 0 Å². The van der Waals surface area contributed by atoms with Gasteiger partial charge in [0, 0.05) is 24.0 Å². The number of carbonyl (C=O) groups excluding carboxylic acids is 1. The topological polar surface area (TPSA) is 54.5 Å². The molecular formula is C18H22ClN3O2. The molecular weight excluding hydrogens is 326 g/mol. The van der Waals surface area contributed by atoms with E-state index in [1.165, 1.54) is 6.20 Å². The fourth-order valence-electron chi connectivity index (χ4n) is 2.36. The molecule has 0 aliphatic rings. The van der Waals surface area contributed by atoms with Crippen LogP contribution in [0.15, 0.2) is 42.7 Å². The molecule has 2 aromatic rings. The van der Waals surface area contributed by atoms with Gasteiger partial charge in [0.05, 0.1) is 23.9 Å². The Balaban J connectivity index is 2.08. The van der Waals surface area contributed by atoms with E-state index in [9.17, 15) is 4.79 Å². The van der Waals surface area contributed by atoms with Crippen molar-refractivity contribution in [2.75, 3.05) is 32.6 Å². The van der Waals surface area contributed by atoms with Crippen LogP contribution in [0, 0.1) is 0 Å². The lowest BCUT2D eigenvalue weighted by Crippen LogP contribution is -2.26. The first-order valence-corrected chi connectivity index (χ1v) is 8.17. The Morgan fingerprint density at radius 1 is 1.29 bits per heavy atom. The largest absolute Gasteiger partial charge is 0.462 e. The van der Waals surface area contributed by atoms with Crippen molar-refractivity contribution in [3.63, 3.8) is 0 Å². The van der Waals surface area contributed by atoms with Gasteiger partial charge in [-0.15, -0.1) is 0 Å². The maximum absolute atomic E-state index is 11.8. The lowest BCUT2D eigenvalue weighted by Gasteiger charge is -2.25. The smallest absolute Gasteiger partial charge is 0.339 e. The minimum absolute atomic E-state index is 0.161. The van der Waals surface area contributed by atoms with Gasteiger partial charge >= 0.3 is 5.97 Å². The van der Waals surface area contributed by atoms with Crippen LogP contribution in [0.3, 0.4) is 0 Å². The molecule has 1 atom stereocenters. The number of nitrogens with zero attached hydrogens (tertiary/aromatic N) is 2. The fraction of sp³-hybridized carbons (Fsp3) is 0.333. The van der Waals surface area contributed by atoms with E-state index < -0.39 is 0 Å². The van der Waals surface area contributed by atoms with Crippen LogP contribution in [0.25, 0.3) is 0 Å². The number of aromatic nitrogens is 1. The molecule has 1 N–H and O–H groups in total. The summed E-state index contributed by atoms with van der Waals surface area (Å²) in [6, 6.07) is 9.71. The van der Waals surface area contributed by atoms with Gasteiger partial charge in [-0.3, -0.25) is 4.98 Å². The zero-order chi connectivity index (χ0) is 17.5. The molecule has 0 radical (unpaired) electrons. The molecule has 1 heterocycles. The number of likely N-dealkylation sites (N-methyl/N-ethyl adjacent to an activating group) is 1. The lowest BCUT2D eigenvalue weighted by molar-refractivity contribution is 0.0526. The van der Waals surface area contributed by atoms with Gasteiger partial charge in [0.2, 0.25) is 0 Å². The number of halogens is 1. The third kappa shape index (κ3) is 4.94. The van der Waals surface area contributed by atoms with Crippen molar-refractivity contribution in [1.29, 1.82) is 0 Å². The predicted molar refractivity (Wildman–Crippen MR) is 96.6 cm³/mol. The highest BCUT2D eigenvalue weighted by Crippen LogP contribution is 2.21. The standard InChI is InChI=1S/C18H22ClN3O2/c1-4-24-18(23)14-9-16(11-20-10-14)21-12-17(22(2)3)13-5-7-15(19)8-6-13/h5-11,17,21H,4,12H2,1-3H3. The van der Waals surface area contributed by atoms with Crippen LogP contribution in [0.1, 0.15) is 28.9 Å². The van der Waals surface area contributed by atoms with Gasteiger partial charge in [-0.2, -0.15) is 0 Å². The molecule has 0 spiro atoms. The van der Waals surface area contributed by atoms with E-state index in [2.05, 4.69) is 15.2 Å². The summed E-state index contributed by atoms with van der Waals surface area (Å²) >= 11 is 5.96. The second-order valence-corrected chi connectivity index (χ2v) is 6.03. The van der Waals surface area contributed by atoms with E-state index >= 15 is 0 Å². The Labute approximate surface area is 147 Å². The van der Waals surface area contributed by atoms with E-state index in [0.29, 0.717) is 18.7 Å². The first kappa shape index (κ1) is 18.2. The maximum atomic E-state index is 11.8. The summed E-state index contributed by atoms with van der Waals surface area (Å²) in [4.78, 5) is 18.0. The number of carbonyl (C=O) groups is 1. The maximum Gasteiger partial charge on any atom is 0.339 e. The number of benzene rings is 1. The summed E-state index contributed by atoms with van der Waals surface area (Å²) in [5, 5.41) is 4.05. The highest BCUT2D eigenvalue weighted by Gasteiger charge is 2.14. The summed E-state index contributed by atoms with van der Waals surface area (Å²) in [7, 11) is 4.04. The van der Waals surface area contributed by atoms with Crippen molar-refractivity contribution in [1.82, 2.24) is 9.88 Å². The number of anilines is 1. The van der Waals surface area contributed by atoms with Gasteiger partial charge in [-0.05, 0) is 44.8 Å². The van der Waals surface area contributed by atoms with Gasteiger partial charge < -0.3 is 15.0 Å². The fourth-order valence-corrected chi connectivity index (χ4v) is 2.49. The van der Waals surface area contributed by atoms with Crippen molar-refractivity contribution in [2.24, 2.45) is 0 Å². The van der Waals surface area contributed by atoms with Crippen LogP contribution < -0.4 is 5.32 Å². The molecule has 0 aliphatic carbocycles. The van der Waals surface area contributed by atoms with Crippen LogP contribution >= 0.6 is 11.6 Å². The Kier molecular flexibility index (Phi) is 6.58. The molecule has 24 heavy (non-hydrogen) atoms. The number of esters is 1. The van der Waals surface area contributed by atoms with Crippen LogP contribution in [-0.4, -0.2) is 43.1 Å². The van der Waals surface area contributed by atoms with Crippen LogP contribution in [-0.2, 0) is 4.74 Å². The third-order valence-electron chi connectivity index (χ3n) is 3.63. The number of hydrogen-bond donors (Lipinski definition) is 1. The Hall–Kier alpha value is -2.11. The molecule has 2 rings (SSSR count). The normalized spacial score (nSPS) is 12.0. The first-order chi connectivity index (χ1) is 11.5. The van der Waals surface area contributed by atoms with Crippen molar-refractivity contribution in [3.05, 3.63) is 58.9 Å². The SMILES string of the molecule is CCOC(=O)c1cncc(NCC(c2ccc(Cl)cc2)N(C)C)c1. The van der Waals surface area contributed by atoms with E-state index in [4.69, 9.17) is 16.3 Å². The molecule has 0 amide bonds.